The van der Waals surface area contributed by atoms with E-state index in [1.807, 2.05) is 0 Å². The molecule has 2 saturated heterocycles. The highest BCUT2D eigenvalue weighted by atomic mass is 16.5. The monoisotopic (exact) mass is 171 g/mol. The number of aliphatic hydroxyl groups excluding tert-OH is 1. The first-order valence-corrected chi connectivity index (χ1v) is 4.22. The Morgan fingerprint density at radius 3 is 2.92 bits per heavy atom. The second-order valence-electron chi connectivity index (χ2n) is 3.63. The fraction of sp³-hybridized carbons (Fsp3) is 0.875. The molecule has 2 bridgehead atoms. The fourth-order valence-corrected chi connectivity index (χ4v) is 2.29. The lowest BCUT2D eigenvalue weighted by Crippen LogP contribution is -2.45. The lowest BCUT2D eigenvalue weighted by molar-refractivity contribution is -0.148. The van der Waals surface area contributed by atoms with Gasteiger partial charge in [0.2, 0.25) is 0 Å². The summed E-state index contributed by atoms with van der Waals surface area (Å²) in [5.74, 6) is -0.235. The molecule has 12 heavy (non-hydrogen) atoms. The minimum absolute atomic E-state index is 0.101. The van der Waals surface area contributed by atoms with Gasteiger partial charge in [-0.05, 0) is 12.8 Å². The van der Waals surface area contributed by atoms with Gasteiger partial charge in [0.25, 0.3) is 0 Å². The lowest BCUT2D eigenvalue weighted by atomic mass is 9.86. The summed E-state index contributed by atoms with van der Waals surface area (Å²) in [5.41, 5.74) is -0.571. The number of carbonyl (C=O) groups is 1. The SMILES string of the molecule is COC(=O)[C@]12CC[C@@H](N1)[C@H](O)C2. The molecule has 4 heteroatoms. The maximum atomic E-state index is 11.3. The Kier molecular flexibility index (Phi) is 1.63. The third kappa shape index (κ3) is 0.881. The second kappa shape index (κ2) is 2.44. The van der Waals surface area contributed by atoms with Gasteiger partial charge in [-0.15, -0.1) is 0 Å². The van der Waals surface area contributed by atoms with Gasteiger partial charge < -0.3 is 9.84 Å². The number of ether oxygens (including phenoxy) is 1. The molecule has 0 amide bonds. The normalized spacial score (nSPS) is 44.8. The molecule has 0 aromatic heterocycles. The summed E-state index contributed by atoms with van der Waals surface area (Å²) in [6.45, 7) is 0. The molecule has 0 unspecified atom stereocenters. The zero-order valence-corrected chi connectivity index (χ0v) is 7.04. The van der Waals surface area contributed by atoms with Crippen LogP contribution in [0.3, 0.4) is 0 Å². The number of rotatable bonds is 1. The molecular weight excluding hydrogens is 158 g/mol. The smallest absolute Gasteiger partial charge is 0.326 e. The van der Waals surface area contributed by atoms with E-state index in [1.54, 1.807) is 0 Å². The van der Waals surface area contributed by atoms with Crippen molar-refractivity contribution in [2.45, 2.75) is 36.9 Å². The Hall–Kier alpha value is -0.610. The molecule has 4 nitrogen and oxygen atoms in total. The van der Waals surface area contributed by atoms with Crippen LogP contribution in [0.25, 0.3) is 0 Å². The Balaban J connectivity index is 2.18. The van der Waals surface area contributed by atoms with E-state index < -0.39 is 5.54 Å². The third-order valence-corrected chi connectivity index (χ3v) is 2.94. The Bertz CT molecular complexity index is 214. The summed E-state index contributed by atoms with van der Waals surface area (Å²) < 4.78 is 4.69. The number of hydrogen-bond donors (Lipinski definition) is 2. The van der Waals surface area contributed by atoms with Gasteiger partial charge in [-0.3, -0.25) is 10.1 Å². The Labute approximate surface area is 70.9 Å². The summed E-state index contributed by atoms with van der Waals surface area (Å²) in [6.07, 6.45) is 1.79. The molecule has 0 aliphatic carbocycles. The average molecular weight is 171 g/mol. The molecule has 0 radical (unpaired) electrons. The van der Waals surface area contributed by atoms with Crippen LogP contribution in [-0.4, -0.2) is 35.9 Å². The summed E-state index contributed by atoms with van der Waals surface area (Å²) in [5, 5.41) is 12.6. The van der Waals surface area contributed by atoms with E-state index in [-0.39, 0.29) is 18.1 Å². The molecule has 2 aliphatic rings. The highest BCUT2D eigenvalue weighted by Crippen LogP contribution is 2.38. The van der Waals surface area contributed by atoms with E-state index in [0.29, 0.717) is 6.42 Å². The number of methoxy groups -OCH3 is 1. The van der Waals surface area contributed by atoms with Gasteiger partial charge in [0.15, 0.2) is 0 Å². The molecule has 0 spiro atoms. The molecule has 2 N–H and O–H groups in total. The molecule has 0 saturated carbocycles. The van der Waals surface area contributed by atoms with Gasteiger partial charge in [-0.1, -0.05) is 0 Å². The molecule has 2 heterocycles. The summed E-state index contributed by atoms with van der Waals surface area (Å²) in [7, 11) is 1.39. The van der Waals surface area contributed by atoms with Crippen molar-refractivity contribution in [1.29, 1.82) is 0 Å². The van der Waals surface area contributed by atoms with E-state index in [9.17, 15) is 9.90 Å². The summed E-state index contributed by atoms with van der Waals surface area (Å²) in [6, 6.07) is 0.101. The fourth-order valence-electron chi connectivity index (χ4n) is 2.29. The quantitative estimate of drug-likeness (QED) is 0.518. The van der Waals surface area contributed by atoms with Gasteiger partial charge in [0.1, 0.15) is 5.54 Å². The molecule has 2 rings (SSSR count). The van der Waals surface area contributed by atoms with Crippen molar-refractivity contribution >= 4 is 5.97 Å². The maximum Gasteiger partial charge on any atom is 0.326 e. The molecule has 2 fully saturated rings. The van der Waals surface area contributed by atoms with Crippen molar-refractivity contribution in [2.75, 3.05) is 7.11 Å². The van der Waals surface area contributed by atoms with Gasteiger partial charge in [0, 0.05) is 12.5 Å². The second-order valence-corrected chi connectivity index (χ2v) is 3.63. The number of nitrogens with one attached hydrogen (secondary N) is 1. The molecule has 0 aromatic rings. The summed E-state index contributed by atoms with van der Waals surface area (Å²) in [4.78, 5) is 11.3. The highest BCUT2D eigenvalue weighted by molar-refractivity contribution is 5.82. The standard InChI is InChI=1S/C8H13NO3/c1-12-7(11)8-3-2-5(9-8)6(10)4-8/h5-6,9-10H,2-4H2,1H3/t5-,6-,8-/m1/s1. The average Bonchev–Trinajstić information content (AvgIpc) is 2.60. The van der Waals surface area contributed by atoms with Crippen LogP contribution in [0.1, 0.15) is 19.3 Å². The predicted octanol–water partition coefficient (Wildman–Crippen LogP) is -0.585. The number of hydrogen-bond acceptors (Lipinski definition) is 4. The van der Waals surface area contributed by atoms with Crippen LogP contribution in [-0.2, 0) is 9.53 Å². The molecule has 0 aromatic carbocycles. The van der Waals surface area contributed by atoms with Crippen LogP contribution in [0.5, 0.6) is 0 Å². The van der Waals surface area contributed by atoms with Gasteiger partial charge in [-0.25, -0.2) is 0 Å². The molecular formula is C8H13NO3. The lowest BCUT2D eigenvalue weighted by Gasteiger charge is -2.23. The first kappa shape index (κ1) is 8.01. The van der Waals surface area contributed by atoms with Gasteiger partial charge >= 0.3 is 5.97 Å². The third-order valence-electron chi connectivity index (χ3n) is 2.94. The highest BCUT2D eigenvalue weighted by Gasteiger charge is 2.55. The van der Waals surface area contributed by atoms with E-state index in [0.717, 1.165) is 12.8 Å². The Morgan fingerprint density at radius 2 is 2.50 bits per heavy atom. The number of carbonyl (C=O) groups excluding carboxylic acids is 1. The van der Waals surface area contributed by atoms with Crippen molar-refractivity contribution < 1.29 is 14.6 Å². The largest absolute Gasteiger partial charge is 0.468 e. The van der Waals surface area contributed by atoms with E-state index in [4.69, 9.17) is 4.74 Å². The first-order chi connectivity index (χ1) is 5.68. The van der Waals surface area contributed by atoms with E-state index >= 15 is 0 Å². The number of esters is 1. The van der Waals surface area contributed by atoms with Crippen LogP contribution >= 0.6 is 0 Å². The van der Waals surface area contributed by atoms with Crippen molar-refractivity contribution in [3.05, 3.63) is 0 Å². The first-order valence-electron chi connectivity index (χ1n) is 4.22. The van der Waals surface area contributed by atoms with Gasteiger partial charge in [0.05, 0.1) is 13.2 Å². The molecule has 2 aliphatic heterocycles. The number of aliphatic hydroxyl groups is 1. The van der Waals surface area contributed by atoms with Crippen molar-refractivity contribution in [1.82, 2.24) is 5.32 Å². The predicted molar refractivity (Wildman–Crippen MR) is 41.5 cm³/mol. The summed E-state index contributed by atoms with van der Waals surface area (Å²) >= 11 is 0. The van der Waals surface area contributed by atoms with Crippen LogP contribution in [0.2, 0.25) is 0 Å². The van der Waals surface area contributed by atoms with Crippen molar-refractivity contribution in [3.8, 4) is 0 Å². The maximum absolute atomic E-state index is 11.3. The minimum atomic E-state index is -0.571. The van der Waals surface area contributed by atoms with Crippen LogP contribution in [0.4, 0.5) is 0 Å². The molecule has 68 valence electrons. The van der Waals surface area contributed by atoms with E-state index in [2.05, 4.69) is 5.32 Å². The van der Waals surface area contributed by atoms with Crippen molar-refractivity contribution in [2.24, 2.45) is 0 Å². The van der Waals surface area contributed by atoms with E-state index in [1.165, 1.54) is 7.11 Å². The molecule has 3 atom stereocenters. The van der Waals surface area contributed by atoms with Crippen LogP contribution in [0.15, 0.2) is 0 Å². The van der Waals surface area contributed by atoms with Crippen molar-refractivity contribution in [3.63, 3.8) is 0 Å². The topological polar surface area (TPSA) is 58.6 Å². The Morgan fingerprint density at radius 1 is 1.75 bits per heavy atom. The van der Waals surface area contributed by atoms with Gasteiger partial charge in [-0.2, -0.15) is 0 Å². The van der Waals surface area contributed by atoms with Crippen LogP contribution in [0, 0.1) is 0 Å². The minimum Gasteiger partial charge on any atom is -0.468 e. The number of fused-ring (bicyclic) bond motifs is 2. The zero-order chi connectivity index (χ0) is 8.77. The zero-order valence-electron chi connectivity index (χ0n) is 7.04. The van der Waals surface area contributed by atoms with Crippen LogP contribution < -0.4 is 5.32 Å².